The average Bonchev–Trinajstić information content (AvgIpc) is 4.06. The Balaban J connectivity index is 1.18. The monoisotopic (exact) mass is 833 g/mol. The molecular formula is C60H39N3O2. The number of para-hydroxylation sites is 5. The van der Waals surface area contributed by atoms with Crippen molar-refractivity contribution in [2.24, 2.45) is 0 Å². The molecule has 10 aromatic carbocycles. The number of benzene rings is 10. The van der Waals surface area contributed by atoms with Gasteiger partial charge in [-0.15, -0.1) is 0 Å². The first-order valence-electron chi connectivity index (χ1n) is 22.0. The molecule has 0 radical (unpaired) electrons. The zero-order chi connectivity index (χ0) is 42.8. The highest BCUT2D eigenvalue weighted by Gasteiger charge is 2.28. The molecule has 13 rings (SSSR count). The van der Waals surface area contributed by atoms with Crippen LogP contribution in [-0.4, -0.2) is 4.57 Å². The van der Waals surface area contributed by atoms with Crippen molar-refractivity contribution in [3.63, 3.8) is 0 Å². The second kappa shape index (κ2) is 14.9. The largest absolute Gasteiger partial charge is 0.456 e. The Kier molecular flexibility index (Phi) is 8.46. The SMILES string of the molecule is c1ccc(-c2ccc(-n3c4ccccc4c4c(N(c5ccccc5)c5cccc6oc7ccccc7c56)cc(N(c5ccccc5)c5cccc6oc7ccccc7c56)cc43)cc2)cc1. The van der Waals surface area contributed by atoms with Gasteiger partial charge in [-0.1, -0.05) is 146 Å². The molecule has 3 heterocycles. The van der Waals surface area contributed by atoms with E-state index in [0.717, 1.165) is 105 Å². The van der Waals surface area contributed by atoms with Crippen molar-refractivity contribution in [2.45, 2.75) is 0 Å². The Labute approximate surface area is 374 Å². The summed E-state index contributed by atoms with van der Waals surface area (Å²) in [6.07, 6.45) is 0. The number of rotatable bonds is 8. The maximum Gasteiger partial charge on any atom is 0.137 e. The molecule has 0 bridgehead atoms. The van der Waals surface area contributed by atoms with Crippen LogP contribution in [0.1, 0.15) is 0 Å². The van der Waals surface area contributed by atoms with Crippen LogP contribution in [0.2, 0.25) is 0 Å². The van der Waals surface area contributed by atoms with E-state index in [-0.39, 0.29) is 0 Å². The third-order valence-corrected chi connectivity index (χ3v) is 12.7. The summed E-state index contributed by atoms with van der Waals surface area (Å²) < 4.78 is 15.5. The van der Waals surface area contributed by atoms with E-state index >= 15 is 0 Å². The number of furan rings is 2. The van der Waals surface area contributed by atoms with E-state index < -0.39 is 0 Å². The summed E-state index contributed by atoms with van der Waals surface area (Å²) in [5.41, 5.74) is 15.1. The maximum absolute atomic E-state index is 6.57. The number of nitrogens with zero attached hydrogens (tertiary/aromatic N) is 3. The topological polar surface area (TPSA) is 37.7 Å². The summed E-state index contributed by atoms with van der Waals surface area (Å²) in [6, 6.07) is 84.0. The molecule has 0 amide bonds. The van der Waals surface area contributed by atoms with Crippen LogP contribution in [0, 0.1) is 0 Å². The van der Waals surface area contributed by atoms with Gasteiger partial charge >= 0.3 is 0 Å². The first-order valence-corrected chi connectivity index (χ1v) is 22.0. The lowest BCUT2D eigenvalue weighted by molar-refractivity contribution is 0.668. The quantitative estimate of drug-likeness (QED) is 0.153. The van der Waals surface area contributed by atoms with Gasteiger partial charge in [0.25, 0.3) is 0 Å². The Morgan fingerprint density at radius 3 is 1.38 bits per heavy atom. The van der Waals surface area contributed by atoms with Crippen LogP contribution >= 0.6 is 0 Å². The standard InChI is InChI=1S/C60H39N3O2/c1-4-18-40(19-5-1)41-34-36-44(37-35-41)62-49-27-13-10-24-46(49)58-52(62)38-45(61(42-20-6-2-7-21-42)50-28-16-32-56-59(50)47-25-11-14-30-54(47)64-56)39-53(58)63(43-22-8-3-9-23-43)51-29-17-33-57-60(51)48-26-12-15-31-55(48)65-57/h1-39H. The van der Waals surface area contributed by atoms with Gasteiger partial charge in [0.2, 0.25) is 0 Å². The van der Waals surface area contributed by atoms with E-state index in [1.165, 1.54) is 11.1 Å². The molecule has 0 aliphatic heterocycles. The van der Waals surface area contributed by atoms with Crippen molar-refractivity contribution in [1.82, 2.24) is 4.57 Å². The molecule has 0 N–H and O–H groups in total. The Morgan fingerprint density at radius 2 is 0.769 bits per heavy atom. The molecule has 0 aliphatic carbocycles. The molecular weight excluding hydrogens is 795 g/mol. The van der Waals surface area contributed by atoms with Crippen molar-refractivity contribution in [2.75, 3.05) is 9.80 Å². The normalized spacial score (nSPS) is 11.7. The fourth-order valence-electron chi connectivity index (χ4n) is 9.95. The van der Waals surface area contributed by atoms with Crippen molar-refractivity contribution < 1.29 is 8.83 Å². The summed E-state index contributed by atoms with van der Waals surface area (Å²) in [7, 11) is 0. The van der Waals surface area contributed by atoms with Gasteiger partial charge in [-0.25, -0.2) is 0 Å². The smallest absolute Gasteiger partial charge is 0.137 e. The van der Waals surface area contributed by atoms with Gasteiger partial charge in [0.05, 0.1) is 44.6 Å². The summed E-state index contributed by atoms with van der Waals surface area (Å²) in [5, 5.41) is 6.52. The molecule has 0 saturated heterocycles. The lowest BCUT2D eigenvalue weighted by Crippen LogP contribution is -2.14. The van der Waals surface area contributed by atoms with Crippen LogP contribution in [0.15, 0.2) is 245 Å². The minimum Gasteiger partial charge on any atom is -0.456 e. The zero-order valence-corrected chi connectivity index (χ0v) is 35.2. The van der Waals surface area contributed by atoms with E-state index in [0.29, 0.717) is 0 Å². The number of hydrogen-bond donors (Lipinski definition) is 0. The minimum atomic E-state index is 0.836. The summed E-state index contributed by atoms with van der Waals surface area (Å²) in [6.45, 7) is 0. The molecule has 0 atom stereocenters. The Hall–Kier alpha value is -8.80. The number of anilines is 6. The zero-order valence-electron chi connectivity index (χ0n) is 35.2. The lowest BCUT2D eigenvalue weighted by atomic mass is 10.0. The van der Waals surface area contributed by atoms with Crippen molar-refractivity contribution in [1.29, 1.82) is 0 Å². The molecule has 3 aromatic heterocycles. The Bertz CT molecular complexity index is 3890. The van der Waals surface area contributed by atoms with Crippen LogP contribution in [0.25, 0.3) is 82.5 Å². The van der Waals surface area contributed by atoms with Gasteiger partial charge in [0.15, 0.2) is 0 Å². The second-order valence-corrected chi connectivity index (χ2v) is 16.5. The Morgan fingerprint density at radius 1 is 0.292 bits per heavy atom. The van der Waals surface area contributed by atoms with Crippen molar-refractivity contribution >= 4 is 99.8 Å². The molecule has 5 nitrogen and oxygen atoms in total. The third-order valence-electron chi connectivity index (χ3n) is 12.7. The highest BCUT2D eigenvalue weighted by Crippen LogP contribution is 2.51. The predicted octanol–water partition coefficient (Wildman–Crippen LogP) is 17.2. The van der Waals surface area contributed by atoms with Gasteiger partial charge in [-0.3, -0.25) is 0 Å². The minimum absolute atomic E-state index is 0.836. The third kappa shape index (κ3) is 5.94. The molecule has 0 unspecified atom stereocenters. The number of fused-ring (bicyclic) bond motifs is 9. The van der Waals surface area contributed by atoms with E-state index in [1.807, 2.05) is 12.1 Å². The molecule has 65 heavy (non-hydrogen) atoms. The van der Waals surface area contributed by atoms with Crippen LogP contribution in [0.5, 0.6) is 0 Å². The molecule has 5 heteroatoms. The molecule has 0 fully saturated rings. The van der Waals surface area contributed by atoms with Crippen LogP contribution in [-0.2, 0) is 0 Å². The predicted molar refractivity (Wildman–Crippen MR) is 270 cm³/mol. The van der Waals surface area contributed by atoms with E-state index in [2.05, 4.69) is 239 Å². The van der Waals surface area contributed by atoms with E-state index in [1.54, 1.807) is 0 Å². The first kappa shape index (κ1) is 36.8. The fraction of sp³-hybridized carbons (Fsp3) is 0. The average molecular weight is 834 g/mol. The van der Waals surface area contributed by atoms with Gasteiger partial charge in [0.1, 0.15) is 22.3 Å². The second-order valence-electron chi connectivity index (χ2n) is 16.5. The lowest BCUT2D eigenvalue weighted by Gasteiger charge is -2.31. The highest BCUT2D eigenvalue weighted by atomic mass is 16.3. The van der Waals surface area contributed by atoms with Crippen molar-refractivity contribution in [3.05, 3.63) is 237 Å². The number of hydrogen-bond acceptors (Lipinski definition) is 4. The van der Waals surface area contributed by atoms with E-state index in [4.69, 9.17) is 8.83 Å². The molecule has 0 spiro atoms. The summed E-state index contributed by atoms with van der Waals surface area (Å²) in [5.74, 6) is 0. The van der Waals surface area contributed by atoms with Gasteiger partial charge < -0.3 is 23.2 Å². The summed E-state index contributed by atoms with van der Waals surface area (Å²) in [4.78, 5) is 4.83. The van der Waals surface area contributed by atoms with Gasteiger partial charge in [0, 0.05) is 38.6 Å². The van der Waals surface area contributed by atoms with Crippen LogP contribution in [0.3, 0.4) is 0 Å². The van der Waals surface area contributed by atoms with E-state index in [9.17, 15) is 0 Å². The molecule has 306 valence electrons. The fourth-order valence-corrected chi connectivity index (χ4v) is 9.95. The maximum atomic E-state index is 6.57. The number of aromatic nitrogens is 1. The molecule has 13 aromatic rings. The van der Waals surface area contributed by atoms with Crippen LogP contribution < -0.4 is 9.80 Å². The molecule has 0 aliphatic rings. The van der Waals surface area contributed by atoms with Gasteiger partial charge in [-0.2, -0.15) is 0 Å². The van der Waals surface area contributed by atoms with Gasteiger partial charge in [-0.05, 0) is 102 Å². The van der Waals surface area contributed by atoms with Crippen LogP contribution in [0.4, 0.5) is 34.1 Å². The highest BCUT2D eigenvalue weighted by molar-refractivity contribution is 6.21. The van der Waals surface area contributed by atoms with Crippen molar-refractivity contribution in [3.8, 4) is 16.8 Å². The first-order chi connectivity index (χ1) is 32.3. The molecule has 0 saturated carbocycles. The summed E-state index contributed by atoms with van der Waals surface area (Å²) >= 11 is 0.